The maximum absolute atomic E-state index is 12.9. The Balaban J connectivity index is 1.82. The van der Waals surface area contributed by atoms with Crippen LogP contribution in [0, 0.1) is 11.7 Å². The molecule has 1 aromatic heterocycles. The van der Waals surface area contributed by atoms with Gasteiger partial charge >= 0.3 is 0 Å². The Morgan fingerprint density at radius 2 is 1.94 bits per heavy atom. The Bertz CT molecular complexity index is 473. The molecule has 1 saturated carbocycles. The molecule has 1 aliphatic rings. The molecule has 0 bridgehead atoms. The summed E-state index contributed by atoms with van der Waals surface area (Å²) < 4.78 is 12.9. The van der Waals surface area contributed by atoms with Crippen LogP contribution >= 0.6 is 11.3 Å². The van der Waals surface area contributed by atoms with E-state index in [1.165, 1.54) is 18.4 Å². The van der Waals surface area contributed by atoms with E-state index in [9.17, 15) is 4.39 Å². The zero-order chi connectivity index (χ0) is 11.7. The van der Waals surface area contributed by atoms with Gasteiger partial charge in [0.2, 0.25) is 0 Å². The van der Waals surface area contributed by atoms with Crippen molar-refractivity contribution < 1.29 is 4.39 Å². The molecule has 1 N–H and O–H groups in total. The van der Waals surface area contributed by atoms with Crippen molar-refractivity contribution in [3.05, 3.63) is 52.5 Å². The largest absolute Gasteiger partial charge is 0.377 e. The van der Waals surface area contributed by atoms with Crippen LogP contribution in [0.3, 0.4) is 0 Å². The van der Waals surface area contributed by atoms with E-state index in [0.717, 1.165) is 5.69 Å². The Morgan fingerprint density at radius 1 is 1.18 bits per heavy atom. The summed E-state index contributed by atoms with van der Waals surface area (Å²) in [4.78, 5) is 0. The van der Waals surface area contributed by atoms with E-state index in [4.69, 9.17) is 0 Å². The SMILES string of the molecule is Fc1ccc(C(Nc2ccsc2)C2CC2)cc1. The fourth-order valence-corrected chi connectivity index (χ4v) is 2.70. The molecule has 1 unspecified atom stereocenters. The van der Waals surface area contributed by atoms with E-state index in [1.54, 1.807) is 23.5 Å². The Kier molecular flexibility index (Phi) is 2.85. The predicted octanol–water partition coefficient (Wildman–Crippen LogP) is 4.45. The third-order valence-corrected chi connectivity index (χ3v) is 3.85. The standard InChI is InChI=1S/C14H14FNS/c15-12-5-3-11(4-6-12)14(10-1-2-10)16-13-7-8-17-9-13/h3-10,14,16H,1-2H2. The number of anilines is 1. The number of hydrogen-bond acceptors (Lipinski definition) is 2. The van der Waals surface area contributed by atoms with Crippen LogP contribution in [0.1, 0.15) is 24.4 Å². The molecule has 1 aliphatic carbocycles. The third-order valence-electron chi connectivity index (χ3n) is 3.17. The van der Waals surface area contributed by atoms with Crippen molar-refractivity contribution in [2.45, 2.75) is 18.9 Å². The molecule has 17 heavy (non-hydrogen) atoms. The normalized spacial score (nSPS) is 16.8. The van der Waals surface area contributed by atoms with E-state index in [1.807, 2.05) is 12.1 Å². The lowest BCUT2D eigenvalue weighted by Crippen LogP contribution is -2.12. The summed E-state index contributed by atoms with van der Waals surface area (Å²) in [7, 11) is 0. The Labute approximate surface area is 104 Å². The fourth-order valence-electron chi connectivity index (χ4n) is 2.10. The first-order valence-corrected chi connectivity index (χ1v) is 6.81. The van der Waals surface area contributed by atoms with Gasteiger partial charge in [-0.1, -0.05) is 12.1 Å². The van der Waals surface area contributed by atoms with Gasteiger partial charge in [0.15, 0.2) is 0 Å². The summed E-state index contributed by atoms with van der Waals surface area (Å²) in [6.07, 6.45) is 2.53. The lowest BCUT2D eigenvalue weighted by atomic mass is 10.0. The zero-order valence-corrected chi connectivity index (χ0v) is 10.2. The first-order valence-electron chi connectivity index (χ1n) is 5.87. The summed E-state index contributed by atoms with van der Waals surface area (Å²) in [5, 5.41) is 7.72. The molecule has 1 aromatic carbocycles. The van der Waals surface area contributed by atoms with Gasteiger partial charge in [-0.2, -0.15) is 11.3 Å². The van der Waals surface area contributed by atoms with Gasteiger partial charge in [-0.3, -0.25) is 0 Å². The van der Waals surface area contributed by atoms with E-state index in [0.29, 0.717) is 12.0 Å². The van der Waals surface area contributed by atoms with Crippen molar-refractivity contribution in [3.8, 4) is 0 Å². The van der Waals surface area contributed by atoms with E-state index in [-0.39, 0.29) is 5.82 Å². The second-order valence-corrected chi connectivity index (χ2v) is 5.30. The molecule has 1 fully saturated rings. The molecule has 2 aromatic rings. The Hall–Kier alpha value is -1.35. The van der Waals surface area contributed by atoms with Crippen LogP contribution in [0.4, 0.5) is 10.1 Å². The monoisotopic (exact) mass is 247 g/mol. The van der Waals surface area contributed by atoms with Crippen LogP contribution in [-0.4, -0.2) is 0 Å². The maximum atomic E-state index is 12.9. The second-order valence-electron chi connectivity index (χ2n) is 4.52. The highest BCUT2D eigenvalue weighted by Crippen LogP contribution is 2.43. The number of thiophene rings is 1. The summed E-state index contributed by atoms with van der Waals surface area (Å²) >= 11 is 1.69. The molecule has 88 valence electrons. The first-order chi connectivity index (χ1) is 8.33. The van der Waals surface area contributed by atoms with Gasteiger partial charge in [-0.05, 0) is 47.9 Å². The van der Waals surface area contributed by atoms with Gasteiger partial charge in [0.1, 0.15) is 5.82 Å². The zero-order valence-electron chi connectivity index (χ0n) is 9.40. The predicted molar refractivity (Wildman–Crippen MR) is 69.8 cm³/mol. The molecule has 1 atom stereocenters. The minimum absolute atomic E-state index is 0.168. The highest BCUT2D eigenvalue weighted by Gasteiger charge is 2.32. The minimum atomic E-state index is -0.168. The van der Waals surface area contributed by atoms with Crippen LogP contribution in [0.2, 0.25) is 0 Å². The molecule has 3 rings (SSSR count). The molecule has 1 nitrogen and oxygen atoms in total. The van der Waals surface area contributed by atoms with Crippen molar-refractivity contribution in [1.82, 2.24) is 0 Å². The number of rotatable bonds is 4. The van der Waals surface area contributed by atoms with Crippen molar-refractivity contribution in [2.75, 3.05) is 5.32 Å². The molecular formula is C14H14FNS. The molecule has 0 spiro atoms. The summed E-state index contributed by atoms with van der Waals surface area (Å²) in [6.45, 7) is 0. The molecule has 0 saturated heterocycles. The van der Waals surface area contributed by atoms with Crippen LogP contribution in [0.25, 0.3) is 0 Å². The third kappa shape index (κ3) is 2.50. The van der Waals surface area contributed by atoms with Crippen LogP contribution in [0.5, 0.6) is 0 Å². The van der Waals surface area contributed by atoms with Gasteiger partial charge < -0.3 is 5.32 Å². The maximum Gasteiger partial charge on any atom is 0.123 e. The lowest BCUT2D eigenvalue weighted by molar-refractivity contribution is 0.622. The second kappa shape index (κ2) is 4.49. The smallest absolute Gasteiger partial charge is 0.123 e. The van der Waals surface area contributed by atoms with Gasteiger partial charge in [0.25, 0.3) is 0 Å². The number of benzene rings is 1. The van der Waals surface area contributed by atoms with E-state index >= 15 is 0 Å². The van der Waals surface area contributed by atoms with E-state index in [2.05, 4.69) is 22.1 Å². The van der Waals surface area contributed by atoms with Crippen molar-refractivity contribution in [2.24, 2.45) is 5.92 Å². The van der Waals surface area contributed by atoms with Crippen molar-refractivity contribution in [1.29, 1.82) is 0 Å². The summed E-state index contributed by atoms with van der Waals surface area (Å²) in [5.74, 6) is 0.527. The summed E-state index contributed by atoms with van der Waals surface area (Å²) in [5.41, 5.74) is 2.34. The van der Waals surface area contributed by atoms with Crippen LogP contribution in [-0.2, 0) is 0 Å². The first kappa shape index (κ1) is 10.8. The molecule has 1 heterocycles. The number of halogens is 1. The average Bonchev–Trinajstić information content (AvgIpc) is 3.05. The van der Waals surface area contributed by atoms with Gasteiger partial charge in [0.05, 0.1) is 6.04 Å². The Morgan fingerprint density at radius 3 is 2.53 bits per heavy atom. The number of hydrogen-bond donors (Lipinski definition) is 1. The minimum Gasteiger partial charge on any atom is -0.377 e. The highest BCUT2D eigenvalue weighted by atomic mass is 32.1. The van der Waals surface area contributed by atoms with Crippen LogP contribution < -0.4 is 5.32 Å². The number of nitrogens with one attached hydrogen (secondary N) is 1. The summed E-state index contributed by atoms with van der Waals surface area (Å²) in [6, 6.07) is 9.27. The molecular weight excluding hydrogens is 233 g/mol. The fraction of sp³-hybridized carbons (Fsp3) is 0.286. The lowest BCUT2D eigenvalue weighted by Gasteiger charge is -2.19. The van der Waals surface area contributed by atoms with Crippen LogP contribution in [0.15, 0.2) is 41.1 Å². The van der Waals surface area contributed by atoms with Gasteiger partial charge in [0, 0.05) is 11.1 Å². The highest BCUT2D eigenvalue weighted by molar-refractivity contribution is 7.08. The topological polar surface area (TPSA) is 12.0 Å². The quantitative estimate of drug-likeness (QED) is 0.841. The molecule has 0 amide bonds. The van der Waals surface area contributed by atoms with E-state index < -0.39 is 0 Å². The molecule has 3 heteroatoms. The van der Waals surface area contributed by atoms with Crippen molar-refractivity contribution in [3.63, 3.8) is 0 Å². The van der Waals surface area contributed by atoms with Crippen molar-refractivity contribution >= 4 is 17.0 Å². The van der Waals surface area contributed by atoms with Gasteiger partial charge in [-0.15, -0.1) is 0 Å². The average molecular weight is 247 g/mol. The molecule has 0 radical (unpaired) electrons. The molecule has 0 aliphatic heterocycles. The van der Waals surface area contributed by atoms with Gasteiger partial charge in [-0.25, -0.2) is 4.39 Å².